The van der Waals surface area contributed by atoms with Crippen LogP contribution in [0.3, 0.4) is 0 Å². The molecule has 0 radical (unpaired) electrons. The first-order valence-corrected chi connectivity index (χ1v) is 7.82. The lowest BCUT2D eigenvalue weighted by molar-refractivity contribution is -0.132. The van der Waals surface area contributed by atoms with E-state index < -0.39 is 0 Å². The monoisotopic (exact) mass is 301 g/mol. The molecule has 0 bridgehead atoms. The number of hydrogen-bond acceptors (Lipinski definition) is 3. The molecule has 1 amide bonds. The van der Waals surface area contributed by atoms with Crippen molar-refractivity contribution in [1.29, 1.82) is 0 Å². The fourth-order valence-electron chi connectivity index (χ4n) is 3.23. The van der Waals surface area contributed by atoms with Gasteiger partial charge in [-0.05, 0) is 32.8 Å². The lowest BCUT2D eigenvalue weighted by Crippen LogP contribution is -2.41. The van der Waals surface area contributed by atoms with Crippen LogP contribution < -0.4 is 0 Å². The minimum absolute atomic E-state index is 0.191. The molecule has 3 rings (SSSR count). The van der Waals surface area contributed by atoms with Crippen LogP contribution in [0.2, 0.25) is 0 Å². The number of amides is 1. The normalized spacial score (nSPS) is 18.7. The zero-order valence-electron chi connectivity index (χ0n) is 13.5. The van der Waals surface area contributed by atoms with Gasteiger partial charge in [-0.25, -0.2) is 0 Å². The third-order valence-corrected chi connectivity index (χ3v) is 4.64. The van der Waals surface area contributed by atoms with Gasteiger partial charge < -0.3 is 4.90 Å². The van der Waals surface area contributed by atoms with Gasteiger partial charge in [0.15, 0.2) is 0 Å². The fraction of sp³-hybridized carbons (Fsp3) is 0.562. The molecular weight excluding hydrogens is 278 g/mol. The molecule has 2 aromatic heterocycles. The van der Waals surface area contributed by atoms with Gasteiger partial charge in [0.05, 0.1) is 18.2 Å². The van der Waals surface area contributed by atoms with Crippen molar-refractivity contribution < 1.29 is 4.79 Å². The molecule has 1 aliphatic heterocycles. The van der Waals surface area contributed by atoms with E-state index >= 15 is 0 Å². The summed E-state index contributed by atoms with van der Waals surface area (Å²) >= 11 is 0. The second-order valence-electron chi connectivity index (χ2n) is 6.07. The first-order chi connectivity index (χ1) is 10.6. The van der Waals surface area contributed by atoms with Crippen LogP contribution in [0.1, 0.15) is 35.8 Å². The van der Waals surface area contributed by atoms with Crippen LogP contribution in [0.25, 0.3) is 0 Å². The van der Waals surface area contributed by atoms with Crippen molar-refractivity contribution in [2.75, 3.05) is 13.1 Å². The third kappa shape index (κ3) is 2.77. The van der Waals surface area contributed by atoms with E-state index in [2.05, 4.69) is 10.2 Å². The average molecular weight is 301 g/mol. The predicted octanol–water partition coefficient (Wildman–Crippen LogP) is 1.64. The van der Waals surface area contributed by atoms with Crippen molar-refractivity contribution in [2.24, 2.45) is 7.05 Å². The largest absolute Gasteiger partial charge is 0.340 e. The van der Waals surface area contributed by atoms with Gasteiger partial charge in [-0.2, -0.15) is 10.2 Å². The van der Waals surface area contributed by atoms with E-state index in [1.54, 1.807) is 6.20 Å². The maximum Gasteiger partial charge on any atom is 0.227 e. The Labute approximate surface area is 130 Å². The summed E-state index contributed by atoms with van der Waals surface area (Å²) in [5.74, 6) is 0.191. The Morgan fingerprint density at radius 2 is 2.23 bits per heavy atom. The van der Waals surface area contributed by atoms with Crippen molar-refractivity contribution in [1.82, 2.24) is 24.5 Å². The van der Waals surface area contributed by atoms with Crippen LogP contribution in [0.4, 0.5) is 0 Å². The number of rotatable bonds is 3. The quantitative estimate of drug-likeness (QED) is 0.866. The van der Waals surface area contributed by atoms with Crippen LogP contribution >= 0.6 is 0 Å². The summed E-state index contributed by atoms with van der Waals surface area (Å²) in [6.07, 6.45) is 6.33. The highest BCUT2D eigenvalue weighted by Crippen LogP contribution is 2.22. The molecule has 0 spiro atoms. The van der Waals surface area contributed by atoms with E-state index in [9.17, 15) is 4.79 Å². The van der Waals surface area contributed by atoms with Crippen LogP contribution in [0.5, 0.6) is 0 Å². The predicted molar refractivity (Wildman–Crippen MR) is 83.5 cm³/mol. The summed E-state index contributed by atoms with van der Waals surface area (Å²) in [6, 6.07) is 2.23. The third-order valence-electron chi connectivity index (χ3n) is 4.64. The Morgan fingerprint density at radius 1 is 1.41 bits per heavy atom. The van der Waals surface area contributed by atoms with E-state index in [-0.39, 0.29) is 5.91 Å². The fourth-order valence-corrected chi connectivity index (χ4v) is 3.23. The molecular formula is C16H23N5O. The first kappa shape index (κ1) is 14.8. The van der Waals surface area contributed by atoms with Gasteiger partial charge in [-0.15, -0.1) is 0 Å². The number of hydrogen-bond donors (Lipinski definition) is 0. The Bertz CT molecular complexity index is 658. The van der Waals surface area contributed by atoms with Gasteiger partial charge in [-0.3, -0.25) is 14.2 Å². The molecule has 1 saturated heterocycles. The number of aryl methyl sites for hydroxylation is 2. The summed E-state index contributed by atoms with van der Waals surface area (Å²) in [6.45, 7) is 5.58. The maximum absolute atomic E-state index is 12.7. The molecule has 1 fully saturated rings. The Morgan fingerprint density at radius 3 is 2.86 bits per heavy atom. The Kier molecular flexibility index (Phi) is 4.00. The summed E-state index contributed by atoms with van der Waals surface area (Å²) in [5, 5.41) is 8.71. The minimum atomic E-state index is 0.191. The van der Waals surface area contributed by atoms with E-state index in [1.165, 1.54) is 0 Å². The Hall–Kier alpha value is -2.11. The molecule has 118 valence electrons. The van der Waals surface area contributed by atoms with Crippen molar-refractivity contribution in [3.05, 3.63) is 35.4 Å². The molecule has 0 aliphatic carbocycles. The molecule has 0 aromatic carbocycles. The minimum Gasteiger partial charge on any atom is -0.340 e. The Balaban J connectivity index is 1.69. The van der Waals surface area contributed by atoms with Gasteiger partial charge in [0, 0.05) is 43.8 Å². The molecule has 3 heterocycles. The highest BCUT2D eigenvalue weighted by Gasteiger charge is 2.26. The highest BCUT2D eigenvalue weighted by atomic mass is 16.2. The van der Waals surface area contributed by atoms with E-state index in [1.807, 2.05) is 47.4 Å². The molecule has 0 unspecified atom stereocenters. The molecule has 1 aliphatic rings. The molecule has 1 atom stereocenters. The second-order valence-corrected chi connectivity index (χ2v) is 6.07. The second kappa shape index (κ2) is 5.94. The van der Waals surface area contributed by atoms with Crippen molar-refractivity contribution >= 4 is 5.91 Å². The zero-order valence-corrected chi connectivity index (χ0v) is 13.5. The van der Waals surface area contributed by atoms with E-state index in [0.29, 0.717) is 12.5 Å². The molecule has 0 N–H and O–H groups in total. The molecule has 6 heteroatoms. The van der Waals surface area contributed by atoms with Gasteiger partial charge >= 0.3 is 0 Å². The number of piperidine rings is 1. The summed E-state index contributed by atoms with van der Waals surface area (Å²) < 4.78 is 3.82. The van der Waals surface area contributed by atoms with E-state index in [4.69, 9.17) is 0 Å². The van der Waals surface area contributed by atoms with Gasteiger partial charge in [-0.1, -0.05) is 0 Å². The molecule has 0 saturated carbocycles. The number of nitrogens with zero attached hydrogens (tertiary/aromatic N) is 5. The lowest BCUT2D eigenvalue weighted by atomic mass is 10.0. The number of carbonyl (C=O) groups is 1. The molecule has 2 aromatic rings. The van der Waals surface area contributed by atoms with Crippen LogP contribution in [-0.4, -0.2) is 43.5 Å². The number of likely N-dealkylation sites (tertiary alicyclic amines) is 1. The van der Waals surface area contributed by atoms with Crippen LogP contribution in [-0.2, 0) is 18.3 Å². The topological polar surface area (TPSA) is 56.0 Å². The van der Waals surface area contributed by atoms with Gasteiger partial charge in [0.25, 0.3) is 0 Å². The smallest absolute Gasteiger partial charge is 0.227 e. The van der Waals surface area contributed by atoms with Gasteiger partial charge in [0.1, 0.15) is 0 Å². The summed E-state index contributed by atoms with van der Waals surface area (Å²) in [5.41, 5.74) is 3.09. The van der Waals surface area contributed by atoms with Crippen molar-refractivity contribution in [3.63, 3.8) is 0 Å². The molecule has 6 nitrogen and oxygen atoms in total. The number of carbonyl (C=O) groups excluding carboxylic acids is 1. The van der Waals surface area contributed by atoms with Crippen molar-refractivity contribution in [2.45, 2.75) is 39.2 Å². The van der Waals surface area contributed by atoms with Crippen LogP contribution in [0.15, 0.2) is 18.5 Å². The van der Waals surface area contributed by atoms with Crippen molar-refractivity contribution in [3.8, 4) is 0 Å². The number of aromatic nitrogens is 4. The first-order valence-electron chi connectivity index (χ1n) is 7.82. The zero-order chi connectivity index (χ0) is 15.7. The average Bonchev–Trinajstić information content (AvgIpc) is 3.12. The maximum atomic E-state index is 12.7. The molecule has 22 heavy (non-hydrogen) atoms. The summed E-state index contributed by atoms with van der Waals surface area (Å²) in [4.78, 5) is 14.6. The summed E-state index contributed by atoms with van der Waals surface area (Å²) in [7, 11) is 1.92. The lowest BCUT2D eigenvalue weighted by Gasteiger charge is -2.33. The standard InChI is InChI=1S/C16H23N5O/c1-12-15(13(2)19(3)18-12)10-16(22)20-8-4-6-14(11-20)21-9-5-7-17-21/h5,7,9,14H,4,6,8,10-11H2,1-3H3/t14-/m1/s1. The SMILES string of the molecule is Cc1nn(C)c(C)c1CC(=O)N1CCC[C@@H](n2cccn2)C1. The van der Waals surface area contributed by atoms with E-state index in [0.717, 1.165) is 42.9 Å². The van der Waals surface area contributed by atoms with Crippen LogP contribution in [0, 0.1) is 13.8 Å². The highest BCUT2D eigenvalue weighted by molar-refractivity contribution is 5.79. The van der Waals surface area contributed by atoms with Gasteiger partial charge in [0.2, 0.25) is 5.91 Å².